The third kappa shape index (κ3) is 4.75. The largest absolute Gasteiger partial charge is 0.492 e. The van der Waals surface area contributed by atoms with E-state index in [-0.39, 0.29) is 6.61 Å². The smallest absolute Gasteiger partial charge is 0.120 e. The molecule has 1 heterocycles. The normalized spacial score (nSPS) is 19.2. The van der Waals surface area contributed by atoms with Gasteiger partial charge < -0.3 is 9.84 Å². The van der Waals surface area contributed by atoms with Gasteiger partial charge in [-0.3, -0.25) is 4.90 Å². The zero-order valence-corrected chi connectivity index (χ0v) is 12.7. The molecule has 1 aromatic carbocycles. The third-order valence-electron chi connectivity index (χ3n) is 3.30. The predicted octanol–water partition coefficient (Wildman–Crippen LogP) is 1.85. The van der Waals surface area contributed by atoms with Crippen LogP contribution in [-0.4, -0.2) is 53.9 Å². The van der Waals surface area contributed by atoms with Gasteiger partial charge in [0.05, 0.1) is 0 Å². The highest BCUT2D eigenvalue weighted by atomic mass is 32.2. The lowest BCUT2D eigenvalue weighted by atomic mass is 10.2. The maximum atomic E-state index is 8.70. The summed E-state index contributed by atoms with van der Waals surface area (Å²) in [5.74, 6) is 8.81. The number of rotatable bonds is 4. The van der Waals surface area contributed by atoms with Crippen molar-refractivity contribution >= 4 is 11.8 Å². The van der Waals surface area contributed by atoms with Crippen molar-refractivity contribution in [1.82, 2.24) is 4.90 Å². The zero-order valence-electron chi connectivity index (χ0n) is 11.8. The van der Waals surface area contributed by atoms with Crippen molar-refractivity contribution in [2.24, 2.45) is 0 Å². The standard InChI is InChI=1S/C16H21NO2S/c1-14-13-20-11-8-17(14)7-10-19-16-6-2-4-15(12-16)5-3-9-18/h2,4,6,12,14,18H,7-11,13H2,1H3. The van der Waals surface area contributed by atoms with E-state index in [0.717, 1.165) is 24.4 Å². The first-order chi connectivity index (χ1) is 9.79. The highest BCUT2D eigenvalue weighted by Gasteiger charge is 2.17. The van der Waals surface area contributed by atoms with E-state index >= 15 is 0 Å². The van der Waals surface area contributed by atoms with Crippen molar-refractivity contribution in [3.05, 3.63) is 29.8 Å². The number of hydrogen-bond donors (Lipinski definition) is 1. The second-order valence-electron chi connectivity index (χ2n) is 4.80. The first kappa shape index (κ1) is 15.2. The van der Waals surface area contributed by atoms with Gasteiger partial charge in [-0.05, 0) is 25.1 Å². The van der Waals surface area contributed by atoms with Crippen molar-refractivity contribution in [2.75, 3.05) is 37.8 Å². The highest BCUT2D eigenvalue weighted by molar-refractivity contribution is 7.99. The predicted molar refractivity (Wildman–Crippen MR) is 84.3 cm³/mol. The minimum Gasteiger partial charge on any atom is -0.492 e. The number of aliphatic hydroxyl groups excluding tert-OH is 1. The van der Waals surface area contributed by atoms with E-state index in [2.05, 4.69) is 23.7 Å². The van der Waals surface area contributed by atoms with E-state index in [9.17, 15) is 0 Å². The van der Waals surface area contributed by atoms with Crippen molar-refractivity contribution in [3.8, 4) is 17.6 Å². The second-order valence-corrected chi connectivity index (χ2v) is 5.95. The van der Waals surface area contributed by atoms with Gasteiger partial charge in [-0.1, -0.05) is 17.9 Å². The van der Waals surface area contributed by atoms with E-state index in [1.807, 2.05) is 36.0 Å². The molecule has 3 nitrogen and oxygen atoms in total. The lowest BCUT2D eigenvalue weighted by Gasteiger charge is -2.32. The Morgan fingerprint density at radius 1 is 1.50 bits per heavy atom. The molecule has 2 rings (SSSR count). The van der Waals surface area contributed by atoms with Crippen LogP contribution in [0.3, 0.4) is 0 Å². The SMILES string of the molecule is CC1CSCCN1CCOc1cccc(C#CCO)c1. The van der Waals surface area contributed by atoms with E-state index in [0.29, 0.717) is 12.6 Å². The van der Waals surface area contributed by atoms with Gasteiger partial charge in [-0.15, -0.1) is 0 Å². The fraction of sp³-hybridized carbons (Fsp3) is 0.500. The zero-order chi connectivity index (χ0) is 14.2. The Hall–Kier alpha value is -1.15. The average molecular weight is 291 g/mol. The molecule has 1 atom stereocenters. The number of aliphatic hydroxyl groups is 1. The summed E-state index contributed by atoms with van der Waals surface area (Å²) in [6.07, 6.45) is 0. The van der Waals surface area contributed by atoms with Crippen LogP contribution >= 0.6 is 11.8 Å². The Kier molecular flexibility index (Phi) is 6.25. The Bertz CT molecular complexity index is 481. The van der Waals surface area contributed by atoms with E-state index in [4.69, 9.17) is 9.84 Å². The van der Waals surface area contributed by atoms with Gasteiger partial charge in [0.2, 0.25) is 0 Å². The minimum atomic E-state index is -0.115. The monoisotopic (exact) mass is 291 g/mol. The Labute approximate surface area is 125 Å². The summed E-state index contributed by atoms with van der Waals surface area (Å²) in [6.45, 7) is 4.98. The molecule has 4 heteroatoms. The maximum absolute atomic E-state index is 8.70. The molecule has 108 valence electrons. The van der Waals surface area contributed by atoms with Crippen LogP contribution in [0.5, 0.6) is 5.75 Å². The Morgan fingerprint density at radius 3 is 3.20 bits per heavy atom. The molecule has 1 saturated heterocycles. The first-order valence-corrected chi connectivity index (χ1v) is 8.09. The Morgan fingerprint density at radius 2 is 2.40 bits per heavy atom. The van der Waals surface area contributed by atoms with Crippen molar-refractivity contribution in [2.45, 2.75) is 13.0 Å². The summed E-state index contributed by atoms with van der Waals surface area (Å²) >= 11 is 2.03. The van der Waals surface area contributed by atoms with Crippen LogP contribution in [0.25, 0.3) is 0 Å². The fourth-order valence-electron chi connectivity index (χ4n) is 2.18. The highest BCUT2D eigenvalue weighted by Crippen LogP contribution is 2.16. The summed E-state index contributed by atoms with van der Waals surface area (Å²) in [4.78, 5) is 2.48. The van der Waals surface area contributed by atoms with Crippen molar-refractivity contribution in [1.29, 1.82) is 0 Å². The van der Waals surface area contributed by atoms with E-state index < -0.39 is 0 Å². The van der Waals surface area contributed by atoms with Crippen LogP contribution in [0.1, 0.15) is 12.5 Å². The van der Waals surface area contributed by atoms with Gasteiger partial charge in [0.15, 0.2) is 0 Å². The molecule has 0 bridgehead atoms. The molecule has 20 heavy (non-hydrogen) atoms. The molecule has 1 aromatic rings. The van der Waals surface area contributed by atoms with Crippen LogP contribution in [0.2, 0.25) is 0 Å². The van der Waals surface area contributed by atoms with Crippen LogP contribution in [0, 0.1) is 11.8 Å². The van der Waals surface area contributed by atoms with Crippen LogP contribution in [0.4, 0.5) is 0 Å². The van der Waals surface area contributed by atoms with E-state index in [1.165, 1.54) is 11.5 Å². The minimum absolute atomic E-state index is 0.115. The number of nitrogens with zero attached hydrogens (tertiary/aromatic N) is 1. The Balaban J connectivity index is 1.81. The first-order valence-electron chi connectivity index (χ1n) is 6.94. The maximum Gasteiger partial charge on any atom is 0.120 e. The molecule has 1 fully saturated rings. The molecule has 0 aliphatic carbocycles. The van der Waals surface area contributed by atoms with Gasteiger partial charge in [0, 0.05) is 36.2 Å². The van der Waals surface area contributed by atoms with Gasteiger partial charge in [0.25, 0.3) is 0 Å². The molecule has 1 unspecified atom stereocenters. The summed E-state index contributed by atoms with van der Waals surface area (Å²) in [5, 5.41) is 8.70. The average Bonchev–Trinajstić information content (AvgIpc) is 2.48. The lowest BCUT2D eigenvalue weighted by molar-refractivity contribution is 0.183. The van der Waals surface area contributed by atoms with Gasteiger partial charge >= 0.3 is 0 Å². The van der Waals surface area contributed by atoms with Crippen LogP contribution in [-0.2, 0) is 0 Å². The summed E-state index contributed by atoms with van der Waals surface area (Å²) < 4.78 is 5.80. The third-order valence-corrected chi connectivity index (χ3v) is 4.49. The summed E-state index contributed by atoms with van der Waals surface area (Å²) in [5.41, 5.74) is 0.874. The number of benzene rings is 1. The summed E-state index contributed by atoms with van der Waals surface area (Å²) in [7, 11) is 0. The molecule has 1 aliphatic rings. The van der Waals surface area contributed by atoms with Crippen molar-refractivity contribution in [3.63, 3.8) is 0 Å². The molecule has 0 spiro atoms. The summed E-state index contributed by atoms with van der Waals surface area (Å²) in [6, 6.07) is 8.34. The van der Waals surface area contributed by atoms with Gasteiger partial charge in [-0.2, -0.15) is 11.8 Å². The van der Waals surface area contributed by atoms with Gasteiger partial charge in [-0.25, -0.2) is 0 Å². The quantitative estimate of drug-likeness (QED) is 0.858. The molecule has 0 aromatic heterocycles. The van der Waals surface area contributed by atoms with Gasteiger partial charge in [0.1, 0.15) is 19.0 Å². The second kappa shape index (κ2) is 8.21. The molecule has 1 N–H and O–H groups in total. The number of thioether (sulfide) groups is 1. The molecule has 1 aliphatic heterocycles. The fourth-order valence-corrected chi connectivity index (χ4v) is 3.26. The molecule has 0 saturated carbocycles. The number of ether oxygens (including phenoxy) is 1. The topological polar surface area (TPSA) is 32.7 Å². The van der Waals surface area contributed by atoms with Crippen molar-refractivity contribution < 1.29 is 9.84 Å². The van der Waals surface area contributed by atoms with Crippen LogP contribution < -0.4 is 4.74 Å². The van der Waals surface area contributed by atoms with Crippen LogP contribution in [0.15, 0.2) is 24.3 Å². The molecular formula is C16H21NO2S. The number of hydrogen-bond acceptors (Lipinski definition) is 4. The van der Waals surface area contributed by atoms with E-state index in [1.54, 1.807) is 0 Å². The molecular weight excluding hydrogens is 270 g/mol. The molecule has 0 radical (unpaired) electrons. The molecule has 0 amide bonds. The lowest BCUT2D eigenvalue weighted by Crippen LogP contribution is -2.42.